The number of benzene rings is 1. The average Bonchev–Trinajstić information content (AvgIpc) is 2.61. The van der Waals surface area contributed by atoms with Crippen molar-refractivity contribution in [2.45, 2.75) is 26.7 Å². The topological polar surface area (TPSA) is 64.1 Å². The quantitative estimate of drug-likeness (QED) is 0.228. The highest BCUT2D eigenvalue weighted by atomic mass is 127. The van der Waals surface area contributed by atoms with Crippen LogP contribution in [0.25, 0.3) is 0 Å². The van der Waals surface area contributed by atoms with Gasteiger partial charge in [0.25, 0.3) is 0 Å². The summed E-state index contributed by atoms with van der Waals surface area (Å²) < 4.78 is 16.2. The zero-order valence-electron chi connectivity index (χ0n) is 15.8. The Morgan fingerprint density at radius 3 is 2.48 bits per heavy atom. The van der Waals surface area contributed by atoms with Gasteiger partial charge in [-0.25, -0.2) is 0 Å². The smallest absolute Gasteiger partial charge is 0.191 e. The van der Waals surface area contributed by atoms with Gasteiger partial charge in [0.15, 0.2) is 17.5 Å². The molecule has 1 aromatic carbocycles. The summed E-state index contributed by atoms with van der Waals surface area (Å²) in [6.07, 6.45) is 1.97. The highest BCUT2D eigenvalue weighted by molar-refractivity contribution is 14.0. The van der Waals surface area contributed by atoms with Crippen LogP contribution < -0.4 is 20.1 Å². The molecule has 6 nitrogen and oxygen atoms in total. The number of methoxy groups -OCH3 is 1. The summed E-state index contributed by atoms with van der Waals surface area (Å²) in [7, 11) is 3.43. The van der Waals surface area contributed by atoms with Crippen LogP contribution in [0.4, 0.5) is 0 Å². The van der Waals surface area contributed by atoms with Gasteiger partial charge in [-0.1, -0.05) is 6.07 Å². The lowest BCUT2D eigenvalue weighted by molar-refractivity contribution is 0.152. The molecule has 0 aliphatic heterocycles. The third-order valence-electron chi connectivity index (χ3n) is 3.43. The highest BCUT2D eigenvalue weighted by Crippen LogP contribution is 2.28. The van der Waals surface area contributed by atoms with Crippen molar-refractivity contribution in [1.82, 2.24) is 10.6 Å². The predicted octanol–water partition coefficient (Wildman–Crippen LogP) is 2.85. The summed E-state index contributed by atoms with van der Waals surface area (Å²) in [5, 5.41) is 6.53. The van der Waals surface area contributed by atoms with Gasteiger partial charge in [-0.2, -0.15) is 0 Å². The van der Waals surface area contributed by atoms with Gasteiger partial charge in [-0.3, -0.25) is 4.99 Å². The van der Waals surface area contributed by atoms with E-state index in [1.165, 1.54) is 5.56 Å². The Balaban J connectivity index is 0.00000576. The number of nitrogens with zero attached hydrogens (tertiary/aromatic N) is 1. The molecule has 7 heteroatoms. The lowest BCUT2D eigenvalue weighted by Crippen LogP contribution is -2.39. The summed E-state index contributed by atoms with van der Waals surface area (Å²) in [4.78, 5) is 4.19. The Kier molecular flexibility index (Phi) is 14.3. The van der Waals surface area contributed by atoms with Crippen molar-refractivity contribution in [3.8, 4) is 11.5 Å². The van der Waals surface area contributed by atoms with E-state index in [4.69, 9.17) is 14.2 Å². The van der Waals surface area contributed by atoms with Gasteiger partial charge in [-0.05, 0) is 44.4 Å². The van der Waals surface area contributed by atoms with Crippen molar-refractivity contribution < 1.29 is 14.2 Å². The molecule has 0 unspecified atom stereocenters. The van der Waals surface area contributed by atoms with Gasteiger partial charge in [0, 0.05) is 26.7 Å². The lowest BCUT2D eigenvalue weighted by atomic mass is 10.1. The van der Waals surface area contributed by atoms with E-state index in [1.807, 2.05) is 19.9 Å². The van der Waals surface area contributed by atoms with Crippen LogP contribution in [0.5, 0.6) is 11.5 Å². The Bertz CT molecular complexity index is 498. The fourth-order valence-corrected chi connectivity index (χ4v) is 2.25. The molecule has 2 N–H and O–H groups in total. The van der Waals surface area contributed by atoms with Gasteiger partial charge < -0.3 is 24.8 Å². The Hall–Kier alpha value is -1.22. The SMILES string of the molecule is CCOCCNC(=NC)NCCCc1ccc(OC)c(OCC)c1.I. The van der Waals surface area contributed by atoms with Crippen molar-refractivity contribution in [1.29, 1.82) is 0 Å². The highest BCUT2D eigenvalue weighted by Gasteiger charge is 2.05. The Labute approximate surface area is 168 Å². The van der Waals surface area contributed by atoms with E-state index in [9.17, 15) is 0 Å². The zero-order chi connectivity index (χ0) is 17.6. The molecule has 0 amide bonds. The van der Waals surface area contributed by atoms with E-state index in [0.29, 0.717) is 13.2 Å². The fraction of sp³-hybridized carbons (Fsp3) is 0.611. The normalized spacial score (nSPS) is 10.8. The van der Waals surface area contributed by atoms with Crippen LogP contribution >= 0.6 is 24.0 Å². The number of guanidine groups is 1. The summed E-state index contributed by atoms with van der Waals surface area (Å²) >= 11 is 0. The van der Waals surface area contributed by atoms with Crippen LogP contribution in [-0.2, 0) is 11.2 Å². The third kappa shape index (κ3) is 9.74. The molecule has 1 rings (SSSR count). The molecule has 0 fully saturated rings. The molecular weight excluding hydrogens is 433 g/mol. The van der Waals surface area contributed by atoms with Crippen molar-refractivity contribution >= 4 is 29.9 Å². The van der Waals surface area contributed by atoms with E-state index in [-0.39, 0.29) is 24.0 Å². The van der Waals surface area contributed by atoms with Crippen LogP contribution in [0.15, 0.2) is 23.2 Å². The van der Waals surface area contributed by atoms with Gasteiger partial charge in [0.2, 0.25) is 0 Å². The number of hydrogen-bond donors (Lipinski definition) is 2. The van der Waals surface area contributed by atoms with Gasteiger partial charge >= 0.3 is 0 Å². The van der Waals surface area contributed by atoms with Gasteiger partial charge in [0.1, 0.15) is 0 Å². The maximum absolute atomic E-state index is 5.61. The van der Waals surface area contributed by atoms with Crippen LogP contribution in [0, 0.1) is 0 Å². The average molecular weight is 465 g/mol. The molecule has 0 radical (unpaired) electrons. The number of rotatable bonds is 11. The maximum atomic E-state index is 5.61. The molecule has 1 aromatic rings. The summed E-state index contributed by atoms with van der Waals surface area (Å²) in [5.41, 5.74) is 1.24. The van der Waals surface area contributed by atoms with Crippen molar-refractivity contribution in [3.05, 3.63) is 23.8 Å². The zero-order valence-corrected chi connectivity index (χ0v) is 18.1. The molecule has 0 bridgehead atoms. The standard InChI is InChI=1S/C18H31N3O3.HI/c1-5-23-13-12-21-18(19-3)20-11-7-8-15-9-10-16(22-4)17(14-15)24-6-2;/h9-10,14H,5-8,11-13H2,1-4H3,(H2,19,20,21);1H. The second kappa shape index (κ2) is 15.1. The number of ether oxygens (including phenoxy) is 3. The van der Waals surface area contributed by atoms with E-state index in [2.05, 4.69) is 27.8 Å². The molecule has 144 valence electrons. The summed E-state index contributed by atoms with van der Waals surface area (Å²) in [5.74, 6) is 2.39. The van der Waals surface area contributed by atoms with Gasteiger partial charge in [0.05, 0.1) is 20.3 Å². The second-order valence-corrected chi connectivity index (χ2v) is 5.14. The van der Waals surface area contributed by atoms with Crippen LogP contribution in [0.2, 0.25) is 0 Å². The lowest BCUT2D eigenvalue weighted by Gasteiger charge is -2.13. The molecule has 0 aliphatic rings. The first-order valence-corrected chi connectivity index (χ1v) is 8.57. The number of aryl methyl sites for hydroxylation is 1. The predicted molar refractivity (Wildman–Crippen MR) is 114 cm³/mol. The Morgan fingerprint density at radius 2 is 1.84 bits per heavy atom. The molecule has 0 saturated carbocycles. The molecule has 0 saturated heterocycles. The minimum atomic E-state index is 0. The van der Waals surface area contributed by atoms with E-state index < -0.39 is 0 Å². The molecule has 0 aliphatic carbocycles. The first-order chi connectivity index (χ1) is 11.7. The van der Waals surface area contributed by atoms with Crippen molar-refractivity contribution in [3.63, 3.8) is 0 Å². The number of halogens is 1. The second-order valence-electron chi connectivity index (χ2n) is 5.14. The van der Waals surface area contributed by atoms with Crippen LogP contribution in [0.1, 0.15) is 25.8 Å². The fourth-order valence-electron chi connectivity index (χ4n) is 2.25. The van der Waals surface area contributed by atoms with Crippen LogP contribution in [-0.4, -0.2) is 53.0 Å². The van der Waals surface area contributed by atoms with Gasteiger partial charge in [-0.15, -0.1) is 24.0 Å². The van der Waals surface area contributed by atoms with E-state index >= 15 is 0 Å². The maximum Gasteiger partial charge on any atom is 0.191 e. The largest absolute Gasteiger partial charge is 0.493 e. The summed E-state index contributed by atoms with van der Waals surface area (Å²) in [6.45, 7) is 7.62. The molecule has 25 heavy (non-hydrogen) atoms. The molecule has 0 spiro atoms. The van der Waals surface area contributed by atoms with E-state index in [1.54, 1.807) is 14.2 Å². The number of nitrogens with one attached hydrogen (secondary N) is 2. The minimum absolute atomic E-state index is 0. The summed E-state index contributed by atoms with van der Waals surface area (Å²) in [6, 6.07) is 6.09. The molecular formula is C18H32IN3O3. The van der Waals surface area contributed by atoms with Crippen molar-refractivity contribution in [2.24, 2.45) is 4.99 Å². The number of aliphatic imine (C=N–C) groups is 1. The molecule has 0 aromatic heterocycles. The molecule has 0 atom stereocenters. The third-order valence-corrected chi connectivity index (χ3v) is 3.43. The monoisotopic (exact) mass is 465 g/mol. The molecule has 0 heterocycles. The minimum Gasteiger partial charge on any atom is -0.493 e. The van der Waals surface area contributed by atoms with Crippen molar-refractivity contribution in [2.75, 3.05) is 47.1 Å². The number of hydrogen-bond acceptors (Lipinski definition) is 4. The van der Waals surface area contributed by atoms with Crippen LogP contribution in [0.3, 0.4) is 0 Å². The Morgan fingerprint density at radius 1 is 1.08 bits per heavy atom. The van der Waals surface area contributed by atoms with E-state index in [0.717, 1.165) is 50.0 Å². The first-order valence-electron chi connectivity index (χ1n) is 8.57. The first kappa shape index (κ1) is 23.8.